The number of likely N-dealkylation sites (N-methyl/N-ethyl adjacent to an activating group) is 1. The largest absolute Gasteiger partial charge is 0.363 e. The minimum atomic E-state index is -1.03. The van der Waals surface area contributed by atoms with Crippen molar-refractivity contribution in [1.29, 1.82) is 0 Å². The minimum Gasteiger partial charge on any atom is -0.363 e. The molecule has 0 spiro atoms. The van der Waals surface area contributed by atoms with E-state index in [1.807, 2.05) is 48.2 Å². The summed E-state index contributed by atoms with van der Waals surface area (Å²) in [6, 6.07) is 9.88. The van der Waals surface area contributed by atoms with Crippen LogP contribution < -0.4 is 10.6 Å². The summed E-state index contributed by atoms with van der Waals surface area (Å²) >= 11 is 6.58. The van der Waals surface area contributed by atoms with Gasteiger partial charge in [0.2, 0.25) is 5.91 Å². The van der Waals surface area contributed by atoms with Crippen LogP contribution in [-0.4, -0.2) is 90.0 Å². The number of aromatic nitrogens is 1. The first kappa shape index (κ1) is 30.6. The lowest BCUT2D eigenvalue weighted by Crippen LogP contribution is -2.57. The number of likely N-dealkylation sites (tertiary alicyclic amines) is 1. The van der Waals surface area contributed by atoms with E-state index in [1.54, 1.807) is 12.4 Å². The lowest BCUT2D eigenvalue weighted by molar-refractivity contribution is -0.135. The second-order valence-corrected chi connectivity index (χ2v) is 12.7. The zero-order valence-corrected chi connectivity index (χ0v) is 26.6. The van der Waals surface area contributed by atoms with Gasteiger partial charge in [-0.3, -0.25) is 14.6 Å². The Morgan fingerprint density at radius 3 is 2.73 bits per heavy atom. The molecule has 4 heterocycles. The van der Waals surface area contributed by atoms with E-state index in [0.29, 0.717) is 37.0 Å². The van der Waals surface area contributed by atoms with Gasteiger partial charge in [-0.15, -0.1) is 0 Å². The third-order valence-electron chi connectivity index (χ3n) is 9.53. The van der Waals surface area contributed by atoms with E-state index < -0.39 is 5.72 Å². The first-order valence-corrected chi connectivity index (χ1v) is 16.3. The monoisotopic (exact) mass is 618 g/mol. The maximum atomic E-state index is 14.1. The van der Waals surface area contributed by atoms with Crippen LogP contribution in [0.25, 0.3) is 0 Å². The smallest absolute Gasteiger partial charge is 0.269 e. The lowest BCUT2D eigenvalue weighted by atomic mass is 9.96. The molecule has 4 atom stereocenters. The van der Waals surface area contributed by atoms with Crippen molar-refractivity contribution in [1.82, 2.24) is 30.3 Å². The van der Waals surface area contributed by atoms with Crippen molar-refractivity contribution in [3.05, 3.63) is 88.0 Å². The number of aryl methyl sites for hydroxylation is 1. The van der Waals surface area contributed by atoms with Gasteiger partial charge in [0.05, 0.1) is 11.6 Å². The van der Waals surface area contributed by atoms with E-state index in [1.165, 1.54) is 5.56 Å². The summed E-state index contributed by atoms with van der Waals surface area (Å²) < 4.78 is 6.31. The van der Waals surface area contributed by atoms with Crippen LogP contribution in [0.4, 0.5) is 0 Å². The number of pyridine rings is 1. The number of benzene rings is 1. The van der Waals surface area contributed by atoms with Crippen LogP contribution in [0, 0.1) is 0 Å². The number of hydrogen-bond acceptors (Lipinski definition) is 7. The van der Waals surface area contributed by atoms with Gasteiger partial charge in [0, 0.05) is 67.8 Å². The molecule has 234 valence electrons. The van der Waals surface area contributed by atoms with Crippen LogP contribution in [-0.2, 0) is 26.5 Å². The number of nitrogens with zero attached hydrogens (tertiary/aromatic N) is 4. The van der Waals surface area contributed by atoms with E-state index in [2.05, 4.69) is 45.5 Å². The third kappa shape index (κ3) is 5.85. The van der Waals surface area contributed by atoms with E-state index in [4.69, 9.17) is 16.3 Å². The highest BCUT2D eigenvalue weighted by Gasteiger charge is 2.41. The minimum absolute atomic E-state index is 0.0414. The average Bonchev–Trinajstić information content (AvgIpc) is 3.67. The number of rotatable bonds is 8. The van der Waals surface area contributed by atoms with E-state index in [0.717, 1.165) is 55.6 Å². The number of dihydropyridines is 1. The van der Waals surface area contributed by atoms with Crippen molar-refractivity contribution in [2.24, 2.45) is 0 Å². The quantitative estimate of drug-likeness (QED) is 0.466. The highest BCUT2D eigenvalue weighted by atomic mass is 35.5. The molecule has 0 bridgehead atoms. The highest BCUT2D eigenvalue weighted by Crippen LogP contribution is 2.40. The summed E-state index contributed by atoms with van der Waals surface area (Å²) in [6.45, 7) is 8.07. The molecule has 2 fully saturated rings. The van der Waals surface area contributed by atoms with Crippen molar-refractivity contribution in [3.8, 4) is 0 Å². The number of carbonyl (C=O) groups is 2. The summed E-state index contributed by atoms with van der Waals surface area (Å²) in [5.74, 6) is -0.199. The highest BCUT2D eigenvalue weighted by molar-refractivity contribution is 6.31. The zero-order valence-electron chi connectivity index (χ0n) is 25.9. The Bertz CT molecular complexity index is 1450. The Hall–Kier alpha value is -3.40. The number of piperazine rings is 1. The average molecular weight is 619 g/mol. The van der Waals surface area contributed by atoms with Crippen molar-refractivity contribution in [2.45, 2.75) is 63.3 Å². The van der Waals surface area contributed by atoms with Gasteiger partial charge < -0.3 is 30.1 Å². The molecule has 1 aromatic heterocycles. The molecule has 3 aliphatic heterocycles. The van der Waals surface area contributed by atoms with E-state index in [9.17, 15) is 9.59 Å². The summed E-state index contributed by atoms with van der Waals surface area (Å²) in [7, 11) is 2.08. The molecule has 2 unspecified atom stereocenters. The standard InChI is InChI=1S/C34H43ClN6O3/c1-4-26-22-40(33(43)27-12-11-23-8-6-10-28(35)30(23)27)18-19-41(26)29-13-15-34(44-5-2,24-9-7-16-36-20-24)38-31(29)32(42)37-25-14-17-39(3)21-25/h6-10,13,15-16,20,25-27,38H,4-5,11-12,14,17-19,21-22H2,1-3H3,(H,37,42)/t25-,26-,27?,34?/m1/s1. The van der Waals surface area contributed by atoms with E-state index in [-0.39, 0.29) is 29.8 Å². The number of amides is 2. The summed E-state index contributed by atoms with van der Waals surface area (Å²) in [4.78, 5) is 38.8. The predicted octanol–water partition coefficient (Wildman–Crippen LogP) is 3.77. The van der Waals surface area contributed by atoms with Gasteiger partial charge in [0.25, 0.3) is 5.91 Å². The maximum absolute atomic E-state index is 14.1. The fourth-order valence-corrected chi connectivity index (χ4v) is 7.59. The van der Waals surface area contributed by atoms with Gasteiger partial charge in [-0.05, 0) is 81.6 Å². The number of nitrogens with one attached hydrogen (secondary N) is 2. The lowest BCUT2D eigenvalue weighted by Gasteiger charge is -2.46. The molecule has 6 rings (SSSR count). The zero-order chi connectivity index (χ0) is 30.8. The molecule has 2 aromatic rings. The molecule has 1 aromatic carbocycles. The number of carbonyl (C=O) groups excluding carboxylic acids is 2. The molecule has 10 heteroatoms. The van der Waals surface area contributed by atoms with Crippen LogP contribution in [0.1, 0.15) is 55.7 Å². The van der Waals surface area contributed by atoms with Crippen molar-refractivity contribution < 1.29 is 14.3 Å². The van der Waals surface area contributed by atoms with Gasteiger partial charge in [-0.25, -0.2) is 0 Å². The first-order valence-electron chi connectivity index (χ1n) is 15.9. The Morgan fingerprint density at radius 2 is 2.00 bits per heavy atom. The summed E-state index contributed by atoms with van der Waals surface area (Å²) in [5, 5.41) is 7.49. The summed E-state index contributed by atoms with van der Waals surface area (Å²) in [5.41, 5.74) is 3.27. The first-order chi connectivity index (χ1) is 21.3. The molecule has 0 radical (unpaired) electrons. The fraction of sp³-hybridized carbons (Fsp3) is 0.500. The Labute approximate surface area is 265 Å². The van der Waals surface area contributed by atoms with Gasteiger partial charge in [-0.2, -0.15) is 0 Å². The van der Waals surface area contributed by atoms with Crippen molar-refractivity contribution >= 4 is 23.4 Å². The predicted molar refractivity (Wildman–Crippen MR) is 171 cm³/mol. The van der Waals surface area contributed by atoms with Crippen LogP contribution in [0.3, 0.4) is 0 Å². The second kappa shape index (κ2) is 12.9. The summed E-state index contributed by atoms with van der Waals surface area (Å²) in [6.07, 6.45) is 10.9. The SMILES string of the molecule is CCOC1(c2cccnc2)C=CC(N2CCN(C(=O)C3CCc4cccc(Cl)c43)C[C@H]2CC)=C(C(=O)N[C@@H]2CCN(C)C2)N1. The molecule has 2 N–H and O–H groups in total. The molecule has 9 nitrogen and oxygen atoms in total. The van der Waals surface area contributed by atoms with Crippen LogP contribution in [0.15, 0.2) is 66.3 Å². The molecule has 2 saturated heterocycles. The van der Waals surface area contributed by atoms with Crippen LogP contribution in [0.2, 0.25) is 5.02 Å². The van der Waals surface area contributed by atoms with Crippen LogP contribution in [0.5, 0.6) is 0 Å². The third-order valence-corrected chi connectivity index (χ3v) is 9.86. The molecule has 44 heavy (non-hydrogen) atoms. The van der Waals surface area contributed by atoms with Gasteiger partial charge in [0.15, 0.2) is 5.72 Å². The Balaban J connectivity index is 1.28. The number of hydrogen-bond donors (Lipinski definition) is 2. The number of fused-ring (bicyclic) bond motifs is 1. The number of allylic oxidation sites excluding steroid dienone is 1. The van der Waals surface area contributed by atoms with Gasteiger partial charge in [-0.1, -0.05) is 36.7 Å². The number of ether oxygens (including phenoxy) is 1. The van der Waals surface area contributed by atoms with Crippen LogP contribution >= 0.6 is 11.6 Å². The van der Waals surface area contributed by atoms with Crippen molar-refractivity contribution in [3.63, 3.8) is 0 Å². The van der Waals surface area contributed by atoms with Crippen molar-refractivity contribution in [2.75, 3.05) is 46.4 Å². The Kier molecular flexibility index (Phi) is 8.98. The van der Waals surface area contributed by atoms with Gasteiger partial charge in [0.1, 0.15) is 5.70 Å². The Morgan fingerprint density at radius 1 is 1.14 bits per heavy atom. The molecule has 2 amide bonds. The normalized spacial score (nSPS) is 27.0. The molecular formula is C34H43ClN6O3. The molecular weight excluding hydrogens is 576 g/mol. The molecule has 4 aliphatic rings. The topological polar surface area (TPSA) is 90.0 Å². The molecule has 0 saturated carbocycles. The fourth-order valence-electron chi connectivity index (χ4n) is 7.26. The molecule has 1 aliphatic carbocycles. The maximum Gasteiger partial charge on any atom is 0.269 e. The van der Waals surface area contributed by atoms with Gasteiger partial charge >= 0.3 is 0 Å². The second-order valence-electron chi connectivity index (χ2n) is 12.3. The van der Waals surface area contributed by atoms with E-state index >= 15 is 0 Å². The number of halogens is 1.